The quantitative estimate of drug-likeness (QED) is 0.767. The number of carboxylic acid groups (broad SMARTS) is 1. The Bertz CT molecular complexity index is 504. The summed E-state index contributed by atoms with van der Waals surface area (Å²) in [5.41, 5.74) is 0.961. The summed E-state index contributed by atoms with van der Waals surface area (Å²) in [6.07, 6.45) is 3.58. The lowest BCUT2D eigenvalue weighted by Gasteiger charge is -2.25. The van der Waals surface area contributed by atoms with Crippen molar-refractivity contribution in [3.05, 3.63) is 17.5 Å². The summed E-state index contributed by atoms with van der Waals surface area (Å²) in [4.78, 5) is 23.5. The number of aliphatic carboxylic acids is 1. The molecule has 1 rings (SSSR count). The highest BCUT2D eigenvalue weighted by molar-refractivity contribution is 5.84. The number of aromatic nitrogens is 2. The van der Waals surface area contributed by atoms with Gasteiger partial charge >= 0.3 is 5.97 Å². The predicted molar refractivity (Wildman–Crippen MR) is 79.7 cm³/mol. The molecule has 1 amide bonds. The second-order valence-electron chi connectivity index (χ2n) is 5.37. The van der Waals surface area contributed by atoms with Crippen molar-refractivity contribution >= 4 is 11.9 Å². The van der Waals surface area contributed by atoms with Crippen LogP contribution in [0, 0.1) is 5.41 Å². The van der Waals surface area contributed by atoms with Crippen molar-refractivity contribution in [2.24, 2.45) is 12.5 Å². The standard InChI is InChI=1S/C15H25N3O3/c1-5-12-11(10-18(4)17-12)9-16-13(19)8-15(6-2,7-3)14(20)21/h10H,5-9H2,1-4H3,(H,16,19)(H,20,21). The van der Waals surface area contributed by atoms with Crippen LogP contribution in [0.25, 0.3) is 0 Å². The molecule has 6 heteroatoms. The molecule has 0 bridgehead atoms. The highest BCUT2D eigenvalue weighted by Gasteiger charge is 2.37. The van der Waals surface area contributed by atoms with E-state index in [0.29, 0.717) is 19.4 Å². The fourth-order valence-electron chi connectivity index (χ4n) is 2.47. The molecule has 0 saturated heterocycles. The summed E-state index contributed by atoms with van der Waals surface area (Å²) >= 11 is 0. The first-order valence-electron chi connectivity index (χ1n) is 7.40. The SMILES string of the molecule is CCc1nn(C)cc1CNC(=O)CC(CC)(CC)C(=O)O. The second kappa shape index (κ2) is 7.24. The van der Waals surface area contributed by atoms with Gasteiger partial charge in [-0.1, -0.05) is 20.8 Å². The van der Waals surface area contributed by atoms with Crippen molar-refractivity contribution in [1.29, 1.82) is 0 Å². The van der Waals surface area contributed by atoms with Crippen molar-refractivity contribution in [3.63, 3.8) is 0 Å². The molecule has 21 heavy (non-hydrogen) atoms. The molecule has 0 spiro atoms. The Morgan fingerprint density at radius 2 is 1.95 bits per heavy atom. The van der Waals surface area contributed by atoms with E-state index in [9.17, 15) is 14.7 Å². The smallest absolute Gasteiger partial charge is 0.310 e. The molecule has 0 aliphatic carbocycles. The molecular weight excluding hydrogens is 270 g/mol. The molecule has 0 aromatic carbocycles. The monoisotopic (exact) mass is 295 g/mol. The van der Waals surface area contributed by atoms with Gasteiger partial charge in [-0.15, -0.1) is 0 Å². The zero-order valence-electron chi connectivity index (χ0n) is 13.3. The van der Waals surface area contributed by atoms with Crippen LogP contribution >= 0.6 is 0 Å². The minimum atomic E-state index is -0.966. The third kappa shape index (κ3) is 4.06. The van der Waals surface area contributed by atoms with Crippen LogP contribution in [-0.2, 0) is 29.6 Å². The molecule has 1 heterocycles. The van der Waals surface area contributed by atoms with E-state index in [0.717, 1.165) is 17.7 Å². The van der Waals surface area contributed by atoms with E-state index in [1.807, 2.05) is 20.2 Å². The minimum absolute atomic E-state index is 0.0110. The van der Waals surface area contributed by atoms with Crippen LogP contribution in [0.4, 0.5) is 0 Å². The topological polar surface area (TPSA) is 84.2 Å². The Kier molecular flexibility index (Phi) is 5.93. The van der Waals surface area contributed by atoms with Crippen molar-refractivity contribution in [2.45, 2.75) is 53.0 Å². The van der Waals surface area contributed by atoms with Crippen LogP contribution in [-0.4, -0.2) is 26.8 Å². The molecule has 0 fully saturated rings. The lowest BCUT2D eigenvalue weighted by atomic mass is 9.79. The maximum atomic E-state index is 12.1. The molecular formula is C15H25N3O3. The van der Waals surface area contributed by atoms with E-state index in [-0.39, 0.29) is 12.3 Å². The maximum Gasteiger partial charge on any atom is 0.310 e. The van der Waals surface area contributed by atoms with Gasteiger partial charge in [0.05, 0.1) is 11.1 Å². The molecule has 0 unspecified atom stereocenters. The first-order chi connectivity index (χ1) is 9.88. The third-order valence-corrected chi connectivity index (χ3v) is 4.11. The molecule has 0 aliphatic rings. The summed E-state index contributed by atoms with van der Waals surface area (Å²) in [6.45, 7) is 6.01. The number of carbonyl (C=O) groups excluding carboxylic acids is 1. The van der Waals surface area contributed by atoms with Gasteiger partial charge in [-0.05, 0) is 19.3 Å². The van der Waals surface area contributed by atoms with Gasteiger partial charge in [0.1, 0.15) is 0 Å². The van der Waals surface area contributed by atoms with E-state index in [1.165, 1.54) is 0 Å². The van der Waals surface area contributed by atoms with Crippen molar-refractivity contribution in [1.82, 2.24) is 15.1 Å². The Morgan fingerprint density at radius 3 is 2.43 bits per heavy atom. The number of hydrogen-bond acceptors (Lipinski definition) is 3. The largest absolute Gasteiger partial charge is 0.481 e. The van der Waals surface area contributed by atoms with E-state index < -0.39 is 11.4 Å². The zero-order chi connectivity index (χ0) is 16.0. The molecule has 2 N–H and O–H groups in total. The number of nitrogens with zero attached hydrogens (tertiary/aromatic N) is 2. The van der Waals surface area contributed by atoms with Gasteiger partial charge in [0.25, 0.3) is 0 Å². The van der Waals surface area contributed by atoms with Gasteiger partial charge in [0.15, 0.2) is 0 Å². The average Bonchev–Trinajstić information content (AvgIpc) is 2.82. The van der Waals surface area contributed by atoms with Crippen LogP contribution in [0.3, 0.4) is 0 Å². The Labute approximate surface area is 125 Å². The maximum absolute atomic E-state index is 12.1. The highest BCUT2D eigenvalue weighted by Crippen LogP contribution is 2.30. The fraction of sp³-hybridized carbons (Fsp3) is 0.667. The Morgan fingerprint density at radius 1 is 1.33 bits per heavy atom. The number of aryl methyl sites for hydroxylation is 2. The lowest BCUT2D eigenvalue weighted by molar-refractivity contribution is -0.152. The van der Waals surface area contributed by atoms with Gasteiger partial charge in [0, 0.05) is 31.8 Å². The number of hydrogen-bond donors (Lipinski definition) is 2. The van der Waals surface area contributed by atoms with E-state index >= 15 is 0 Å². The first kappa shape index (κ1) is 17.2. The van der Waals surface area contributed by atoms with Gasteiger partial charge in [-0.3, -0.25) is 14.3 Å². The summed E-state index contributed by atoms with van der Waals surface area (Å²) in [5.74, 6) is -1.13. The van der Waals surface area contributed by atoms with Crippen molar-refractivity contribution < 1.29 is 14.7 Å². The summed E-state index contributed by atoms with van der Waals surface area (Å²) in [6, 6.07) is 0. The number of carbonyl (C=O) groups is 2. The van der Waals surface area contributed by atoms with E-state index in [4.69, 9.17) is 0 Å². The number of amides is 1. The molecule has 0 aliphatic heterocycles. The van der Waals surface area contributed by atoms with Gasteiger partial charge in [0.2, 0.25) is 5.91 Å². The molecule has 1 aromatic rings. The first-order valence-corrected chi connectivity index (χ1v) is 7.40. The van der Waals surface area contributed by atoms with E-state index in [1.54, 1.807) is 18.5 Å². The number of rotatable bonds is 8. The lowest BCUT2D eigenvalue weighted by Crippen LogP contribution is -2.36. The molecule has 0 saturated carbocycles. The van der Waals surface area contributed by atoms with Crippen LogP contribution in [0.1, 0.15) is 51.3 Å². The van der Waals surface area contributed by atoms with Gasteiger partial charge < -0.3 is 10.4 Å². The number of carboxylic acids is 1. The second-order valence-corrected chi connectivity index (χ2v) is 5.37. The highest BCUT2D eigenvalue weighted by atomic mass is 16.4. The Balaban J connectivity index is 2.67. The summed E-state index contributed by atoms with van der Waals surface area (Å²) in [7, 11) is 1.84. The van der Waals surface area contributed by atoms with Crippen molar-refractivity contribution in [3.8, 4) is 0 Å². The van der Waals surface area contributed by atoms with Crippen LogP contribution in [0.15, 0.2) is 6.20 Å². The fourth-order valence-corrected chi connectivity index (χ4v) is 2.47. The molecule has 118 valence electrons. The zero-order valence-corrected chi connectivity index (χ0v) is 13.3. The molecule has 6 nitrogen and oxygen atoms in total. The summed E-state index contributed by atoms with van der Waals surface area (Å²) < 4.78 is 1.72. The summed E-state index contributed by atoms with van der Waals surface area (Å²) in [5, 5.41) is 16.5. The Hall–Kier alpha value is -1.85. The van der Waals surface area contributed by atoms with Crippen LogP contribution < -0.4 is 5.32 Å². The van der Waals surface area contributed by atoms with E-state index in [2.05, 4.69) is 10.4 Å². The number of nitrogens with one attached hydrogen (secondary N) is 1. The van der Waals surface area contributed by atoms with Crippen LogP contribution in [0.2, 0.25) is 0 Å². The average molecular weight is 295 g/mol. The molecule has 0 radical (unpaired) electrons. The van der Waals surface area contributed by atoms with Crippen molar-refractivity contribution in [2.75, 3.05) is 0 Å². The predicted octanol–water partition coefficient (Wildman–Crippen LogP) is 1.88. The minimum Gasteiger partial charge on any atom is -0.481 e. The third-order valence-electron chi connectivity index (χ3n) is 4.11. The van der Waals surface area contributed by atoms with Gasteiger partial charge in [-0.25, -0.2) is 0 Å². The van der Waals surface area contributed by atoms with Gasteiger partial charge in [-0.2, -0.15) is 5.10 Å². The normalized spacial score (nSPS) is 11.4. The molecule has 1 aromatic heterocycles. The van der Waals surface area contributed by atoms with Crippen LogP contribution in [0.5, 0.6) is 0 Å². The molecule has 0 atom stereocenters.